The predicted octanol–water partition coefficient (Wildman–Crippen LogP) is 2.31. The molecule has 6 nitrogen and oxygen atoms in total. The van der Waals surface area contributed by atoms with E-state index in [1.807, 2.05) is 6.92 Å². The second-order valence-electron chi connectivity index (χ2n) is 3.24. The van der Waals surface area contributed by atoms with Crippen LogP contribution in [0.25, 0.3) is 0 Å². The molecule has 1 rings (SSSR count). The monoisotopic (exact) mass is 259 g/mol. The highest BCUT2D eigenvalue weighted by Crippen LogP contribution is 2.46. The van der Waals surface area contributed by atoms with Crippen LogP contribution in [0.1, 0.15) is 19.4 Å². The summed E-state index contributed by atoms with van der Waals surface area (Å²) in [5.41, 5.74) is 1.04. The number of nitrogens with zero attached hydrogens (tertiary/aromatic N) is 1. The van der Waals surface area contributed by atoms with Crippen LogP contribution in [0.3, 0.4) is 0 Å². The van der Waals surface area contributed by atoms with E-state index in [1.165, 1.54) is 12.1 Å². The Kier molecular flexibility index (Phi) is 4.66. The van der Waals surface area contributed by atoms with Gasteiger partial charge in [0.15, 0.2) is 0 Å². The highest BCUT2D eigenvalue weighted by atomic mass is 31.2. The molecule has 0 saturated heterocycles. The van der Waals surface area contributed by atoms with Gasteiger partial charge in [0.2, 0.25) is 0 Å². The van der Waals surface area contributed by atoms with Gasteiger partial charge in [0.05, 0.1) is 11.9 Å². The first kappa shape index (κ1) is 13.7. The molecule has 0 radical (unpaired) electrons. The molecule has 94 valence electrons. The second kappa shape index (κ2) is 5.80. The highest BCUT2D eigenvalue weighted by molar-refractivity contribution is 7.62. The topological polar surface area (TPSA) is 78.7 Å². The summed E-state index contributed by atoms with van der Waals surface area (Å²) >= 11 is 0. The van der Waals surface area contributed by atoms with Crippen molar-refractivity contribution in [2.75, 3.05) is 6.61 Å². The molecular formula is C10H14NO5P. The molecule has 7 heteroatoms. The summed E-state index contributed by atoms with van der Waals surface area (Å²) in [7, 11) is -3.86. The minimum atomic E-state index is -3.86. The van der Waals surface area contributed by atoms with E-state index in [2.05, 4.69) is 4.62 Å². The fraction of sp³-hybridized carbons (Fsp3) is 0.400. The molecule has 0 amide bonds. The largest absolute Gasteiger partial charge is 0.400 e. The van der Waals surface area contributed by atoms with Crippen LogP contribution in [-0.2, 0) is 20.1 Å². The van der Waals surface area contributed by atoms with Crippen molar-refractivity contribution in [2.24, 2.45) is 0 Å². The van der Waals surface area contributed by atoms with Crippen LogP contribution in [0.5, 0.6) is 0 Å². The maximum atomic E-state index is 12.1. The second-order valence-corrected chi connectivity index (χ2v) is 5.17. The van der Waals surface area contributed by atoms with Crippen LogP contribution in [0.4, 0.5) is 0 Å². The van der Waals surface area contributed by atoms with Crippen molar-refractivity contribution in [1.82, 2.24) is 0 Å². The molecule has 0 fully saturated rings. The van der Waals surface area contributed by atoms with Gasteiger partial charge in [-0.15, -0.1) is 10.1 Å². The Morgan fingerprint density at radius 1 is 1.29 bits per heavy atom. The van der Waals surface area contributed by atoms with Crippen molar-refractivity contribution < 1.29 is 18.8 Å². The zero-order valence-corrected chi connectivity index (χ0v) is 10.6. The zero-order chi connectivity index (χ0) is 12.9. The van der Waals surface area contributed by atoms with Crippen LogP contribution in [0.15, 0.2) is 24.3 Å². The van der Waals surface area contributed by atoms with Crippen LogP contribution in [-0.4, -0.2) is 11.7 Å². The van der Waals surface area contributed by atoms with Crippen LogP contribution in [0.2, 0.25) is 0 Å². The summed E-state index contributed by atoms with van der Waals surface area (Å²) < 4.78 is 21.2. The minimum absolute atomic E-state index is 0.0701. The molecule has 1 aromatic rings. The fourth-order valence-electron chi connectivity index (χ4n) is 1.32. The van der Waals surface area contributed by atoms with E-state index in [1.54, 1.807) is 19.1 Å². The third-order valence-electron chi connectivity index (χ3n) is 2.13. The standard InChI is InChI=1S/C10H14NO5P/c1-3-9-5-7-10(8-6-9)17(14,15-4-2)16-11(12)13/h5-8H,3-4H2,1-2H3. The molecule has 0 heterocycles. The van der Waals surface area contributed by atoms with Gasteiger partial charge in [0.25, 0.3) is 0 Å². The Morgan fingerprint density at radius 3 is 2.29 bits per heavy atom. The lowest BCUT2D eigenvalue weighted by molar-refractivity contribution is -0.715. The van der Waals surface area contributed by atoms with E-state index in [-0.39, 0.29) is 11.9 Å². The lowest BCUT2D eigenvalue weighted by Gasteiger charge is -2.15. The molecule has 1 aromatic carbocycles. The third-order valence-corrected chi connectivity index (χ3v) is 4.01. The van der Waals surface area contributed by atoms with Crippen LogP contribution in [0, 0.1) is 10.1 Å². The van der Waals surface area contributed by atoms with Crippen molar-refractivity contribution >= 4 is 12.9 Å². The van der Waals surface area contributed by atoms with E-state index in [0.29, 0.717) is 0 Å². The Labute approximate surface area is 99.2 Å². The first-order valence-corrected chi connectivity index (χ1v) is 6.74. The molecule has 1 unspecified atom stereocenters. The molecular weight excluding hydrogens is 245 g/mol. The van der Waals surface area contributed by atoms with Gasteiger partial charge < -0.3 is 4.52 Å². The summed E-state index contributed by atoms with van der Waals surface area (Å²) in [5, 5.41) is 9.41. The average molecular weight is 259 g/mol. The smallest absolute Gasteiger partial charge is 0.307 e. The van der Waals surface area contributed by atoms with E-state index >= 15 is 0 Å². The van der Waals surface area contributed by atoms with Gasteiger partial charge in [-0.25, -0.2) is 4.62 Å². The molecule has 0 aliphatic carbocycles. The normalized spacial score (nSPS) is 14.0. The number of benzene rings is 1. The summed E-state index contributed by atoms with van der Waals surface area (Å²) in [6.07, 6.45) is 0.829. The van der Waals surface area contributed by atoms with E-state index < -0.39 is 12.7 Å². The molecule has 0 N–H and O–H groups in total. The summed E-state index contributed by atoms with van der Waals surface area (Å²) in [6, 6.07) is 6.53. The molecule has 0 aliphatic rings. The van der Waals surface area contributed by atoms with Crippen LogP contribution < -0.4 is 5.30 Å². The highest BCUT2D eigenvalue weighted by Gasteiger charge is 2.30. The lowest BCUT2D eigenvalue weighted by atomic mass is 10.2. The first-order valence-electron chi connectivity index (χ1n) is 5.20. The van der Waals surface area contributed by atoms with Crippen molar-refractivity contribution in [3.63, 3.8) is 0 Å². The van der Waals surface area contributed by atoms with Gasteiger partial charge in [-0.05, 0) is 31.0 Å². The number of aryl methyl sites for hydroxylation is 1. The van der Waals surface area contributed by atoms with Crippen molar-refractivity contribution in [3.8, 4) is 0 Å². The van der Waals surface area contributed by atoms with Gasteiger partial charge >= 0.3 is 12.7 Å². The molecule has 0 spiro atoms. The predicted molar refractivity (Wildman–Crippen MR) is 62.8 cm³/mol. The van der Waals surface area contributed by atoms with E-state index in [0.717, 1.165) is 12.0 Å². The molecule has 0 bridgehead atoms. The Balaban J connectivity index is 3.04. The zero-order valence-electron chi connectivity index (χ0n) is 9.66. The molecule has 1 atom stereocenters. The Bertz CT molecular complexity index is 431. The average Bonchev–Trinajstić information content (AvgIpc) is 2.28. The van der Waals surface area contributed by atoms with Crippen molar-refractivity contribution in [1.29, 1.82) is 0 Å². The molecule has 17 heavy (non-hydrogen) atoms. The van der Waals surface area contributed by atoms with E-state index in [4.69, 9.17) is 4.52 Å². The first-order chi connectivity index (χ1) is 8.01. The van der Waals surface area contributed by atoms with Crippen molar-refractivity contribution in [3.05, 3.63) is 39.9 Å². The SMILES string of the molecule is CCOP(=O)(O[N+](=O)[O-])c1ccc(CC)cc1. The van der Waals surface area contributed by atoms with Gasteiger partial charge in [0, 0.05) is 0 Å². The maximum Gasteiger partial charge on any atom is 0.400 e. The number of hydrogen-bond acceptors (Lipinski definition) is 5. The van der Waals surface area contributed by atoms with Gasteiger partial charge in [-0.2, -0.15) is 0 Å². The molecule has 0 aromatic heterocycles. The van der Waals surface area contributed by atoms with Gasteiger partial charge in [0.1, 0.15) is 0 Å². The minimum Gasteiger partial charge on any atom is -0.307 e. The summed E-state index contributed by atoms with van der Waals surface area (Å²) in [6.45, 7) is 3.64. The lowest BCUT2D eigenvalue weighted by Crippen LogP contribution is -2.13. The molecule has 0 saturated carbocycles. The summed E-state index contributed by atoms with van der Waals surface area (Å²) in [5.74, 6) is 0. The third kappa shape index (κ3) is 3.54. The van der Waals surface area contributed by atoms with Gasteiger partial charge in [-0.1, -0.05) is 19.1 Å². The quantitative estimate of drug-likeness (QED) is 0.445. The van der Waals surface area contributed by atoms with E-state index in [9.17, 15) is 14.7 Å². The Hall–Kier alpha value is -1.39. The number of hydrogen-bond donors (Lipinski definition) is 0. The molecule has 0 aliphatic heterocycles. The number of rotatable bonds is 6. The van der Waals surface area contributed by atoms with Crippen molar-refractivity contribution in [2.45, 2.75) is 20.3 Å². The fourth-order valence-corrected chi connectivity index (χ4v) is 2.64. The summed E-state index contributed by atoms with van der Waals surface area (Å²) in [4.78, 5) is 10.3. The van der Waals surface area contributed by atoms with Gasteiger partial charge in [-0.3, -0.25) is 4.57 Å². The maximum absolute atomic E-state index is 12.1. The van der Waals surface area contributed by atoms with Crippen LogP contribution >= 0.6 is 7.60 Å². The Morgan fingerprint density at radius 2 is 1.88 bits per heavy atom.